The molecule has 0 spiro atoms. The Labute approximate surface area is 160 Å². The molecule has 2 aromatic carbocycles. The van der Waals surface area contributed by atoms with Crippen molar-refractivity contribution < 1.29 is 4.74 Å². The van der Waals surface area contributed by atoms with Gasteiger partial charge in [0.05, 0.1) is 0 Å². The Kier molecular flexibility index (Phi) is 5.95. The number of hydrogen-bond donors (Lipinski definition) is 0. The fourth-order valence-electron chi connectivity index (χ4n) is 2.45. The Morgan fingerprint density at radius 1 is 0.960 bits per heavy atom. The zero-order chi connectivity index (χ0) is 17.6. The summed E-state index contributed by atoms with van der Waals surface area (Å²) in [5, 5.41) is 0.686. The molecule has 0 saturated heterocycles. The van der Waals surface area contributed by atoms with Crippen molar-refractivity contribution in [1.29, 1.82) is 0 Å². The van der Waals surface area contributed by atoms with Gasteiger partial charge in [-0.25, -0.2) is 0 Å². The highest BCUT2D eigenvalue weighted by Gasteiger charge is 2.09. The molecule has 3 rings (SSSR count). The summed E-state index contributed by atoms with van der Waals surface area (Å²) >= 11 is 9.24. The van der Waals surface area contributed by atoms with Crippen molar-refractivity contribution in [3.05, 3.63) is 97.8 Å². The van der Waals surface area contributed by atoms with Crippen LogP contribution in [0.4, 0.5) is 0 Å². The van der Waals surface area contributed by atoms with E-state index in [9.17, 15) is 4.79 Å². The second-order valence-electron chi connectivity index (χ2n) is 5.64. The van der Waals surface area contributed by atoms with Crippen LogP contribution in [0.15, 0.2) is 76.1 Å². The molecule has 5 heteroatoms. The van der Waals surface area contributed by atoms with Gasteiger partial charge in [-0.15, -0.1) is 0 Å². The predicted octanol–water partition coefficient (Wildman–Crippen LogP) is 5.09. The first-order valence-electron chi connectivity index (χ1n) is 7.93. The van der Waals surface area contributed by atoms with Gasteiger partial charge in [-0.1, -0.05) is 54.1 Å². The van der Waals surface area contributed by atoms with Crippen LogP contribution < -0.4 is 10.3 Å². The van der Waals surface area contributed by atoms with Crippen molar-refractivity contribution >= 4 is 27.5 Å². The van der Waals surface area contributed by atoms with Crippen molar-refractivity contribution in [2.24, 2.45) is 0 Å². The summed E-state index contributed by atoms with van der Waals surface area (Å²) in [6, 6.07) is 19.4. The van der Waals surface area contributed by atoms with Crippen LogP contribution in [0.1, 0.15) is 11.1 Å². The highest BCUT2D eigenvalue weighted by atomic mass is 79.9. The van der Waals surface area contributed by atoms with E-state index in [1.807, 2.05) is 48.5 Å². The molecule has 0 radical (unpaired) electrons. The lowest BCUT2D eigenvalue weighted by molar-refractivity contribution is 0.302. The Bertz CT molecular complexity index is 892. The third-order valence-corrected chi connectivity index (χ3v) is 4.84. The summed E-state index contributed by atoms with van der Waals surface area (Å²) in [5.74, 6) is 0.538. The molecular formula is C20H17BrClNO2. The maximum Gasteiger partial charge on any atom is 0.268 e. The van der Waals surface area contributed by atoms with Crippen molar-refractivity contribution in [3.8, 4) is 5.75 Å². The van der Waals surface area contributed by atoms with Crippen molar-refractivity contribution in [3.63, 3.8) is 0 Å². The van der Waals surface area contributed by atoms with E-state index < -0.39 is 0 Å². The van der Waals surface area contributed by atoms with Crippen molar-refractivity contribution in [2.75, 3.05) is 0 Å². The monoisotopic (exact) mass is 417 g/mol. The smallest absolute Gasteiger partial charge is 0.268 e. The van der Waals surface area contributed by atoms with E-state index in [4.69, 9.17) is 16.3 Å². The molecule has 3 aromatic rings. The molecule has 0 bridgehead atoms. The Hall–Kier alpha value is -2.04. The van der Waals surface area contributed by atoms with E-state index >= 15 is 0 Å². The number of ether oxygens (including phenoxy) is 1. The first-order chi connectivity index (χ1) is 12.1. The van der Waals surface area contributed by atoms with Crippen LogP contribution in [0.3, 0.4) is 0 Å². The third kappa shape index (κ3) is 4.74. The van der Waals surface area contributed by atoms with Gasteiger partial charge in [-0.05, 0) is 51.7 Å². The molecule has 0 atom stereocenters. The second-order valence-corrected chi connectivity index (χ2v) is 6.87. The largest absolute Gasteiger partial charge is 0.487 e. The minimum Gasteiger partial charge on any atom is -0.487 e. The molecule has 0 aliphatic rings. The van der Waals surface area contributed by atoms with E-state index in [2.05, 4.69) is 28.1 Å². The van der Waals surface area contributed by atoms with E-state index in [1.54, 1.807) is 10.8 Å². The molecule has 0 aliphatic carbocycles. The number of benzene rings is 2. The van der Waals surface area contributed by atoms with Gasteiger partial charge in [-0.3, -0.25) is 4.79 Å². The number of rotatable bonds is 6. The van der Waals surface area contributed by atoms with Gasteiger partial charge in [0.2, 0.25) is 0 Å². The fraction of sp³-hybridized carbons (Fsp3) is 0.150. The number of hydrogen-bond acceptors (Lipinski definition) is 2. The SMILES string of the molecule is O=c1c(Br)c(OCc2ccc(Cl)cc2)ccn1CCc1ccccc1. The lowest BCUT2D eigenvalue weighted by Gasteiger charge is -2.11. The van der Waals surface area contributed by atoms with Crippen LogP contribution >= 0.6 is 27.5 Å². The van der Waals surface area contributed by atoms with Gasteiger partial charge in [0, 0.05) is 17.8 Å². The van der Waals surface area contributed by atoms with Crippen LogP contribution in [-0.4, -0.2) is 4.57 Å². The lowest BCUT2D eigenvalue weighted by atomic mass is 10.1. The standard InChI is InChI=1S/C20H17BrClNO2/c21-19-18(25-14-16-6-8-17(22)9-7-16)11-13-23(20(19)24)12-10-15-4-2-1-3-5-15/h1-9,11,13H,10,12,14H2. The summed E-state index contributed by atoms with van der Waals surface area (Å²) in [6.45, 7) is 1.00. The van der Waals surface area contributed by atoms with Crippen LogP contribution in [0.2, 0.25) is 5.02 Å². The minimum atomic E-state index is -0.0930. The second kappa shape index (κ2) is 8.37. The lowest BCUT2D eigenvalue weighted by Crippen LogP contribution is -2.21. The van der Waals surface area contributed by atoms with Crippen LogP contribution in [-0.2, 0) is 19.6 Å². The average molecular weight is 419 g/mol. The predicted molar refractivity (Wildman–Crippen MR) is 104 cm³/mol. The number of pyridine rings is 1. The molecule has 128 valence electrons. The molecule has 0 aliphatic heterocycles. The van der Waals surface area contributed by atoms with Crippen LogP contribution in [0.25, 0.3) is 0 Å². The van der Waals surface area contributed by atoms with E-state index in [-0.39, 0.29) is 5.56 Å². The quantitative estimate of drug-likeness (QED) is 0.558. The van der Waals surface area contributed by atoms with Gasteiger partial charge in [-0.2, -0.15) is 0 Å². The van der Waals surface area contributed by atoms with Crippen molar-refractivity contribution in [2.45, 2.75) is 19.6 Å². The first kappa shape index (κ1) is 17.8. The first-order valence-corrected chi connectivity index (χ1v) is 9.11. The molecule has 0 unspecified atom stereocenters. The molecule has 0 amide bonds. The number of halogens is 2. The van der Waals surface area contributed by atoms with Gasteiger partial charge < -0.3 is 9.30 Å². The Balaban J connectivity index is 1.67. The number of nitrogens with zero attached hydrogens (tertiary/aromatic N) is 1. The fourth-order valence-corrected chi connectivity index (χ4v) is 3.05. The molecule has 0 fully saturated rings. The number of aromatic nitrogens is 1. The van der Waals surface area contributed by atoms with Gasteiger partial charge in [0.1, 0.15) is 16.8 Å². The summed E-state index contributed by atoms with van der Waals surface area (Å²) in [4.78, 5) is 12.5. The molecule has 1 heterocycles. The van der Waals surface area contributed by atoms with Gasteiger partial charge >= 0.3 is 0 Å². The van der Waals surface area contributed by atoms with Crippen LogP contribution in [0, 0.1) is 0 Å². The Morgan fingerprint density at radius 2 is 1.68 bits per heavy atom. The minimum absolute atomic E-state index is 0.0930. The Morgan fingerprint density at radius 3 is 2.40 bits per heavy atom. The maximum absolute atomic E-state index is 12.5. The highest BCUT2D eigenvalue weighted by Crippen LogP contribution is 2.22. The third-order valence-electron chi connectivity index (χ3n) is 3.86. The van der Waals surface area contributed by atoms with Crippen molar-refractivity contribution in [1.82, 2.24) is 4.57 Å². The maximum atomic E-state index is 12.5. The topological polar surface area (TPSA) is 31.2 Å². The molecule has 0 saturated carbocycles. The van der Waals surface area contributed by atoms with Gasteiger partial charge in [0.25, 0.3) is 5.56 Å². The van der Waals surface area contributed by atoms with Gasteiger partial charge in [0.15, 0.2) is 0 Å². The zero-order valence-electron chi connectivity index (χ0n) is 13.5. The molecule has 3 nitrogen and oxygen atoms in total. The number of aryl methyl sites for hydroxylation is 2. The van der Waals surface area contributed by atoms with E-state index in [0.29, 0.717) is 28.4 Å². The van der Waals surface area contributed by atoms with Crippen LogP contribution in [0.5, 0.6) is 5.75 Å². The molecule has 0 N–H and O–H groups in total. The van der Waals surface area contributed by atoms with E-state index in [0.717, 1.165) is 12.0 Å². The highest BCUT2D eigenvalue weighted by molar-refractivity contribution is 9.10. The summed E-state index contributed by atoms with van der Waals surface area (Å²) in [6.07, 6.45) is 2.57. The summed E-state index contributed by atoms with van der Waals surface area (Å²) in [7, 11) is 0. The zero-order valence-corrected chi connectivity index (χ0v) is 15.8. The summed E-state index contributed by atoms with van der Waals surface area (Å²) < 4.78 is 7.89. The normalized spacial score (nSPS) is 10.6. The molecule has 25 heavy (non-hydrogen) atoms. The molecular weight excluding hydrogens is 402 g/mol. The van der Waals surface area contributed by atoms with E-state index in [1.165, 1.54) is 5.56 Å². The summed E-state index contributed by atoms with van der Waals surface area (Å²) in [5.41, 5.74) is 2.10. The molecule has 1 aromatic heterocycles. The average Bonchev–Trinajstić information content (AvgIpc) is 2.64.